The molecule has 0 bridgehead atoms. The molecule has 2 amide bonds. The Bertz CT molecular complexity index is 1160. The SMILES string of the molecule is Cc1nc(-c2nnn(C)c2NC(=O)NCc2ccccc2)ccc1O[C@H]1CCC[C@H](C(=O)O)C1. The van der Waals surface area contributed by atoms with Crippen molar-refractivity contribution in [2.75, 3.05) is 5.32 Å². The van der Waals surface area contributed by atoms with Crippen molar-refractivity contribution in [1.82, 2.24) is 25.3 Å². The molecule has 0 saturated heterocycles. The van der Waals surface area contributed by atoms with E-state index in [1.54, 1.807) is 19.2 Å². The molecule has 178 valence electrons. The van der Waals surface area contributed by atoms with Gasteiger partial charge >= 0.3 is 12.0 Å². The molecule has 2 aromatic heterocycles. The molecular formula is C24H28N6O4. The van der Waals surface area contributed by atoms with E-state index in [1.165, 1.54) is 4.68 Å². The van der Waals surface area contributed by atoms with Crippen LogP contribution in [-0.4, -0.2) is 43.2 Å². The van der Waals surface area contributed by atoms with Crippen LogP contribution in [0.25, 0.3) is 11.4 Å². The fourth-order valence-corrected chi connectivity index (χ4v) is 4.06. The van der Waals surface area contributed by atoms with Gasteiger partial charge in [0.2, 0.25) is 0 Å². The van der Waals surface area contributed by atoms with E-state index in [1.807, 2.05) is 37.3 Å². The molecule has 4 rings (SSSR count). The Kier molecular flexibility index (Phi) is 7.05. The Morgan fingerprint density at radius 1 is 1.18 bits per heavy atom. The van der Waals surface area contributed by atoms with Gasteiger partial charge in [0.05, 0.1) is 23.4 Å². The smallest absolute Gasteiger partial charge is 0.320 e. The number of hydrogen-bond donors (Lipinski definition) is 3. The maximum atomic E-state index is 12.5. The van der Waals surface area contributed by atoms with Gasteiger partial charge in [-0.25, -0.2) is 14.5 Å². The summed E-state index contributed by atoms with van der Waals surface area (Å²) in [6.07, 6.45) is 2.68. The molecule has 0 spiro atoms. The highest BCUT2D eigenvalue weighted by Gasteiger charge is 2.28. The lowest BCUT2D eigenvalue weighted by Gasteiger charge is -2.27. The van der Waals surface area contributed by atoms with Crippen LogP contribution in [0.15, 0.2) is 42.5 Å². The Labute approximate surface area is 197 Å². The number of aromatic nitrogens is 4. The molecule has 10 nitrogen and oxygen atoms in total. The van der Waals surface area contributed by atoms with Crippen molar-refractivity contribution in [1.29, 1.82) is 0 Å². The van der Waals surface area contributed by atoms with Crippen LogP contribution in [0, 0.1) is 12.8 Å². The minimum atomic E-state index is -0.769. The number of anilines is 1. The minimum absolute atomic E-state index is 0.150. The lowest BCUT2D eigenvalue weighted by molar-refractivity contribution is -0.143. The number of benzene rings is 1. The van der Waals surface area contributed by atoms with Crippen LogP contribution >= 0.6 is 0 Å². The third-order valence-electron chi connectivity index (χ3n) is 5.90. The van der Waals surface area contributed by atoms with E-state index in [9.17, 15) is 14.7 Å². The molecule has 1 aromatic carbocycles. The van der Waals surface area contributed by atoms with Crippen molar-refractivity contribution >= 4 is 17.8 Å². The van der Waals surface area contributed by atoms with Gasteiger partial charge in [-0.15, -0.1) is 5.10 Å². The average molecular weight is 465 g/mol. The Balaban J connectivity index is 1.44. The molecule has 2 atom stereocenters. The third kappa shape index (κ3) is 5.51. The van der Waals surface area contributed by atoms with Crippen molar-refractivity contribution in [3.05, 3.63) is 53.7 Å². The van der Waals surface area contributed by atoms with E-state index >= 15 is 0 Å². The number of rotatable bonds is 7. The van der Waals surface area contributed by atoms with Gasteiger partial charge in [0.1, 0.15) is 5.75 Å². The number of hydrogen-bond acceptors (Lipinski definition) is 6. The molecular weight excluding hydrogens is 436 g/mol. The number of amides is 2. The molecule has 0 radical (unpaired) electrons. The number of carboxylic acid groups (broad SMARTS) is 1. The molecule has 3 N–H and O–H groups in total. The largest absolute Gasteiger partial charge is 0.489 e. The number of carboxylic acids is 1. The van der Waals surface area contributed by atoms with Gasteiger partial charge in [0.25, 0.3) is 0 Å². The molecule has 2 heterocycles. The number of pyridine rings is 1. The standard InChI is InChI=1S/C24H28N6O4/c1-15-20(34-18-10-6-9-17(13-18)23(31)32)12-11-19(26-15)21-22(30(2)29-28-21)27-24(33)25-14-16-7-4-3-5-8-16/h3-5,7-8,11-12,17-18H,6,9-10,13-14H2,1-2H3,(H,31,32)(H2,25,27,33)/t17-,18-/m0/s1. The molecule has 1 saturated carbocycles. The van der Waals surface area contributed by atoms with Crippen LogP contribution in [0.3, 0.4) is 0 Å². The van der Waals surface area contributed by atoms with E-state index < -0.39 is 5.97 Å². The van der Waals surface area contributed by atoms with Gasteiger partial charge in [-0.05, 0) is 50.3 Å². The lowest BCUT2D eigenvalue weighted by atomic mass is 9.87. The quantitative estimate of drug-likeness (QED) is 0.487. The zero-order chi connectivity index (χ0) is 24.1. The highest BCUT2D eigenvalue weighted by molar-refractivity contribution is 5.91. The van der Waals surface area contributed by atoms with Crippen LogP contribution in [-0.2, 0) is 18.4 Å². The first kappa shape index (κ1) is 23.2. The topological polar surface area (TPSA) is 131 Å². The van der Waals surface area contributed by atoms with Gasteiger partial charge in [-0.1, -0.05) is 35.5 Å². The molecule has 0 aliphatic heterocycles. The number of urea groups is 1. The molecule has 34 heavy (non-hydrogen) atoms. The highest BCUT2D eigenvalue weighted by Crippen LogP contribution is 2.31. The number of carbonyl (C=O) groups excluding carboxylic acids is 1. The first-order chi connectivity index (χ1) is 16.4. The van der Waals surface area contributed by atoms with Crippen molar-refractivity contribution in [2.45, 2.75) is 45.3 Å². The van der Waals surface area contributed by atoms with E-state index in [4.69, 9.17) is 4.74 Å². The Morgan fingerprint density at radius 3 is 2.71 bits per heavy atom. The van der Waals surface area contributed by atoms with Crippen molar-refractivity contribution in [2.24, 2.45) is 13.0 Å². The second kappa shape index (κ2) is 10.3. The number of carbonyl (C=O) groups is 2. The summed E-state index contributed by atoms with van der Waals surface area (Å²) in [6, 6.07) is 12.8. The van der Waals surface area contributed by atoms with Crippen molar-refractivity contribution < 1.29 is 19.4 Å². The number of nitrogens with zero attached hydrogens (tertiary/aromatic N) is 4. The second-order valence-electron chi connectivity index (χ2n) is 8.43. The summed E-state index contributed by atoms with van der Waals surface area (Å²) in [5.41, 5.74) is 2.63. The molecule has 1 fully saturated rings. The second-order valence-corrected chi connectivity index (χ2v) is 8.43. The minimum Gasteiger partial charge on any atom is -0.489 e. The molecule has 1 aliphatic carbocycles. The first-order valence-corrected chi connectivity index (χ1v) is 11.3. The number of nitrogens with one attached hydrogen (secondary N) is 2. The van der Waals surface area contributed by atoms with E-state index in [0.29, 0.717) is 48.0 Å². The average Bonchev–Trinajstić information content (AvgIpc) is 3.19. The normalized spacial score (nSPS) is 17.7. The van der Waals surface area contributed by atoms with E-state index in [0.717, 1.165) is 18.4 Å². The highest BCUT2D eigenvalue weighted by atomic mass is 16.5. The molecule has 1 aliphatic rings. The molecule has 3 aromatic rings. The Hall–Kier alpha value is -3.95. The van der Waals surface area contributed by atoms with Crippen LogP contribution in [0.4, 0.5) is 10.6 Å². The summed E-state index contributed by atoms with van der Waals surface area (Å²) < 4.78 is 7.56. The zero-order valence-corrected chi connectivity index (χ0v) is 19.2. The summed E-state index contributed by atoms with van der Waals surface area (Å²) in [5, 5.41) is 23.1. The predicted molar refractivity (Wildman–Crippen MR) is 125 cm³/mol. The van der Waals surface area contributed by atoms with Crippen LogP contribution in [0.1, 0.15) is 36.9 Å². The van der Waals surface area contributed by atoms with Gasteiger partial charge in [0, 0.05) is 13.6 Å². The number of aliphatic carboxylic acids is 1. The summed E-state index contributed by atoms with van der Waals surface area (Å²) in [4.78, 5) is 28.4. The number of aryl methyl sites for hydroxylation is 2. The van der Waals surface area contributed by atoms with E-state index in [2.05, 4.69) is 25.9 Å². The maximum absolute atomic E-state index is 12.5. The van der Waals surface area contributed by atoms with Gasteiger partial charge in [-0.2, -0.15) is 0 Å². The predicted octanol–water partition coefficient (Wildman–Crippen LogP) is 3.53. The monoisotopic (exact) mass is 464 g/mol. The fraction of sp³-hybridized carbons (Fsp3) is 0.375. The van der Waals surface area contributed by atoms with E-state index in [-0.39, 0.29) is 18.1 Å². The fourth-order valence-electron chi connectivity index (χ4n) is 4.06. The van der Waals surface area contributed by atoms with Crippen molar-refractivity contribution in [3.8, 4) is 17.1 Å². The zero-order valence-electron chi connectivity index (χ0n) is 19.2. The van der Waals surface area contributed by atoms with Gasteiger partial charge < -0.3 is 15.2 Å². The van der Waals surface area contributed by atoms with Gasteiger partial charge in [-0.3, -0.25) is 10.1 Å². The summed E-state index contributed by atoms with van der Waals surface area (Å²) in [5.74, 6) is -0.108. The van der Waals surface area contributed by atoms with Crippen LogP contribution in [0.2, 0.25) is 0 Å². The van der Waals surface area contributed by atoms with Crippen molar-refractivity contribution in [3.63, 3.8) is 0 Å². The van der Waals surface area contributed by atoms with Crippen LogP contribution in [0.5, 0.6) is 5.75 Å². The third-order valence-corrected chi connectivity index (χ3v) is 5.90. The molecule has 10 heteroatoms. The van der Waals surface area contributed by atoms with Crippen LogP contribution < -0.4 is 15.4 Å². The summed E-state index contributed by atoms with van der Waals surface area (Å²) in [7, 11) is 1.69. The lowest BCUT2D eigenvalue weighted by Crippen LogP contribution is -2.29. The summed E-state index contributed by atoms with van der Waals surface area (Å²) >= 11 is 0. The first-order valence-electron chi connectivity index (χ1n) is 11.3. The maximum Gasteiger partial charge on any atom is 0.320 e. The Morgan fingerprint density at radius 2 is 1.97 bits per heavy atom. The molecule has 0 unspecified atom stereocenters. The number of ether oxygens (including phenoxy) is 1. The summed E-state index contributed by atoms with van der Waals surface area (Å²) in [6.45, 7) is 2.22. The van der Waals surface area contributed by atoms with Gasteiger partial charge in [0.15, 0.2) is 11.5 Å².